The highest BCUT2D eigenvalue weighted by atomic mass is 35.5. The van der Waals surface area contributed by atoms with Crippen molar-refractivity contribution in [2.24, 2.45) is 0 Å². The van der Waals surface area contributed by atoms with Crippen molar-refractivity contribution in [3.8, 4) is 11.6 Å². The Morgan fingerprint density at radius 2 is 1.85 bits per heavy atom. The van der Waals surface area contributed by atoms with Gasteiger partial charge in [-0.1, -0.05) is 17.7 Å². The molecule has 26 heavy (non-hydrogen) atoms. The fraction of sp³-hybridized carbons (Fsp3) is 0.400. The summed E-state index contributed by atoms with van der Waals surface area (Å²) < 4.78 is 11.8. The summed E-state index contributed by atoms with van der Waals surface area (Å²) in [6, 6.07) is 12.6. The van der Waals surface area contributed by atoms with E-state index in [0.29, 0.717) is 29.7 Å². The van der Waals surface area contributed by atoms with Crippen molar-refractivity contribution in [3.05, 3.63) is 53.7 Å². The monoisotopic (exact) mass is 374 g/mol. The zero-order valence-electron chi connectivity index (χ0n) is 15.0. The van der Waals surface area contributed by atoms with Crippen molar-refractivity contribution in [2.45, 2.75) is 38.4 Å². The number of hydrogen-bond donors (Lipinski definition) is 0. The van der Waals surface area contributed by atoms with Gasteiger partial charge in [-0.3, -0.25) is 4.79 Å². The van der Waals surface area contributed by atoms with Crippen molar-refractivity contribution >= 4 is 17.5 Å². The first-order valence-electron chi connectivity index (χ1n) is 8.76. The molecule has 0 spiro atoms. The fourth-order valence-electron chi connectivity index (χ4n) is 2.99. The summed E-state index contributed by atoms with van der Waals surface area (Å²) >= 11 is 5.89. The average molecular weight is 375 g/mol. The molecule has 1 fully saturated rings. The van der Waals surface area contributed by atoms with Gasteiger partial charge in [0.2, 0.25) is 5.88 Å². The van der Waals surface area contributed by atoms with Crippen LogP contribution in [0.5, 0.6) is 11.6 Å². The number of amides is 1. The summed E-state index contributed by atoms with van der Waals surface area (Å²) in [4.78, 5) is 18.9. The largest absolute Gasteiger partial charge is 0.478 e. The van der Waals surface area contributed by atoms with Crippen LogP contribution in [0.2, 0.25) is 5.02 Å². The lowest BCUT2D eigenvalue weighted by Crippen LogP contribution is -2.52. The van der Waals surface area contributed by atoms with Crippen LogP contribution in [-0.4, -0.2) is 40.6 Å². The number of carbonyl (C=O) groups is 1. The molecular formula is C20H23ClN2O3. The molecule has 0 bridgehead atoms. The van der Waals surface area contributed by atoms with Crippen LogP contribution in [-0.2, 0) is 4.79 Å². The standard InChI is InChI=1S/C20H23ClN2O3/c1-20(2,26-17-8-6-15(21)7-9-17)19(24)23-13-10-16(11-14-23)25-18-5-3-4-12-22-18/h3-9,12,16H,10-11,13-14H2,1-2H3. The number of aromatic nitrogens is 1. The second kappa shape index (κ2) is 7.96. The molecule has 138 valence electrons. The molecule has 1 saturated heterocycles. The molecule has 5 nitrogen and oxygen atoms in total. The Morgan fingerprint density at radius 1 is 1.15 bits per heavy atom. The van der Waals surface area contributed by atoms with Crippen molar-refractivity contribution < 1.29 is 14.3 Å². The summed E-state index contributed by atoms with van der Waals surface area (Å²) in [7, 11) is 0. The third-order valence-corrected chi connectivity index (χ3v) is 4.61. The van der Waals surface area contributed by atoms with Crippen molar-refractivity contribution in [2.75, 3.05) is 13.1 Å². The number of hydrogen-bond acceptors (Lipinski definition) is 4. The maximum Gasteiger partial charge on any atom is 0.266 e. The van der Waals surface area contributed by atoms with Crippen LogP contribution in [0.4, 0.5) is 0 Å². The van der Waals surface area contributed by atoms with E-state index in [1.54, 1.807) is 44.3 Å². The Kier molecular flexibility index (Phi) is 5.67. The number of ether oxygens (including phenoxy) is 2. The summed E-state index contributed by atoms with van der Waals surface area (Å²) in [6.45, 7) is 4.87. The van der Waals surface area contributed by atoms with Gasteiger partial charge in [0.05, 0.1) is 0 Å². The third-order valence-electron chi connectivity index (χ3n) is 4.36. The maximum atomic E-state index is 12.9. The van der Waals surface area contributed by atoms with Gasteiger partial charge in [-0.25, -0.2) is 4.98 Å². The number of likely N-dealkylation sites (tertiary alicyclic amines) is 1. The summed E-state index contributed by atoms with van der Waals surface area (Å²) in [6.07, 6.45) is 3.35. The molecule has 0 unspecified atom stereocenters. The lowest BCUT2D eigenvalue weighted by Gasteiger charge is -2.36. The topological polar surface area (TPSA) is 51.7 Å². The molecule has 1 aromatic carbocycles. The highest BCUT2D eigenvalue weighted by molar-refractivity contribution is 6.30. The summed E-state index contributed by atoms with van der Waals surface area (Å²) in [5, 5.41) is 0.636. The van der Waals surface area contributed by atoms with Gasteiger partial charge in [0, 0.05) is 43.2 Å². The molecule has 0 N–H and O–H groups in total. The molecule has 0 atom stereocenters. The average Bonchev–Trinajstić information content (AvgIpc) is 2.64. The van der Waals surface area contributed by atoms with Crippen molar-refractivity contribution in [1.29, 1.82) is 0 Å². The Bertz CT molecular complexity index is 726. The number of carbonyl (C=O) groups excluding carboxylic acids is 1. The molecule has 2 heterocycles. The summed E-state index contributed by atoms with van der Waals surface area (Å²) in [5.74, 6) is 1.23. The minimum absolute atomic E-state index is 0.0243. The Morgan fingerprint density at radius 3 is 2.46 bits per heavy atom. The van der Waals surface area contributed by atoms with E-state index in [1.165, 1.54) is 0 Å². The first-order chi connectivity index (χ1) is 12.4. The number of benzene rings is 1. The van der Waals surface area contributed by atoms with Crippen LogP contribution >= 0.6 is 11.6 Å². The minimum atomic E-state index is -0.942. The highest BCUT2D eigenvalue weighted by Crippen LogP contribution is 2.24. The van der Waals surface area contributed by atoms with Crippen LogP contribution in [0.25, 0.3) is 0 Å². The molecule has 0 radical (unpaired) electrons. The van der Waals surface area contributed by atoms with Gasteiger partial charge >= 0.3 is 0 Å². The number of piperidine rings is 1. The van der Waals surface area contributed by atoms with Gasteiger partial charge in [-0.2, -0.15) is 0 Å². The Labute approximate surface area is 158 Å². The second-order valence-electron chi connectivity index (χ2n) is 6.84. The molecule has 6 heteroatoms. The predicted molar refractivity (Wildman–Crippen MR) is 101 cm³/mol. The second-order valence-corrected chi connectivity index (χ2v) is 7.28. The van der Waals surface area contributed by atoms with Gasteiger partial charge in [0.25, 0.3) is 5.91 Å². The zero-order chi connectivity index (χ0) is 18.6. The van der Waals surface area contributed by atoms with E-state index < -0.39 is 5.60 Å². The highest BCUT2D eigenvalue weighted by Gasteiger charge is 2.36. The lowest BCUT2D eigenvalue weighted by molar-refractivity contribution is -0.147. The first kappa shape index (κ1) is 18.5. The van der Waals surface area contributed by atoms with Crippen LogP contribution in [0, 0.1) is 0 Å². The molecule has 1 aromatic heterocycles. The quantitative estimate of drug-likeness (QED) is 0.794. The van der Waals surface area contributed by atoms with E-state index in [1.807, 2.05) is 23.1 Å². The van der Waals surface area contributed by atoms with E-state index in [-0.39, 0.29) is 12.0 Å². The number of pyridine rings is 1. The van der Waals surface area contributed by atoms with Crippen LogP contribution in [0.1, 0.15) is 26.7 Å². The van der Waals surface area contributed by atoms with E-state index in [4.69, 9.17) is 21.1 Å². The van der Waals surface area contributed by atoms with Gasteiger partial charge in [-0.05, 0) is 44.2 Å². The van der Waals surface area contributed by atoms with E-state index >= 15 is 0 Å². The molecule has 1 amide bonds. The molecule has 1 aliphatic rings. The van der Waals surface area contributed by atoms with Gasteiger partial charge in [0.1, 0.15) is 11.9 Å². The summed E-state index contributed by atoms with van der Waals surface area (Å²) in [5.41, 5.74) is -0.942. The fourth-order valence-corrected chi connectivity index (χ4v) is 3.11. The molecule has 1 aliphatic heterocycles. The number of rotatable bonds is 5. The SMILES string of the molecule is CC(C)(Oc1ccc(Cl)cc1)C(=O)N1CCC(Oc2ccccn2)CC1. The van der Waals surface area contributed by atoms with Crippen LogP contribution in [0.3, 0.4) is 0 Å². The smallest absolute Gasteiger partial charge is 0.266 e. The molecular weight excluding hydrogens is 352 g/mol. The Balaban J connectivity index is 1.54. The van der Waals surface area contributed by atoms with E-state index in [9.17, 15) is 4.79 Å². The zero-order valence-corrected chi connectivity index (χ0v) is 15.8. The van der Waals surface area contributed by atoms with Crippen molar-refractivity contribution in [1.82, 2.24) is 9.88 Å². The van der Waals surface area contributed by atoms with E-state index in [2.05, 4.69) is 4.98 Å². The van der Waals surface area contributed by atoms with Crippen molar-refractivity contribution in [3.63, 3.8) is 0 Å². The van der Waals surface area contributed by atoms with Gasteiger partial charge in [0.15, 0.2) is 5.60 Å². The first-order valence-corrected chi connectivity index (χ1v) is 9.13. The van der Waals surface area contributed by atoms with Gasteiger partial charge < -0.3 is 14.4 Å². The third kappa shape index (κ3) is 4.67. The number of nitrogens with zero attached hydrogens (tertiary/aromatic N) is 2. The maximum absolute atomic E-state index is 12.9. The van der Waals surface area contributed by atoms with Crippen LogP contribution < -0.4 is 9.47 Å². The van der Waals surface area contributed by atoms with Gasteiger partial charge in [-0.15, -0.1) is 0 Å². The molecule has 0 saturated carbocycles. The molecule has 2 aromatic rings. The van der Waals surface area contributed by atoms with Crippen LogP contribution in [0.15, 0.2) is 48.7 Å². The number of halogens is 1. The molecule has 3 rings (SSSR count). The van der Waals surface area contributed by atoms with E-state index in [0.717, 1.165) is 12.8 Å². The normalized spacial score (nSPS) is 15.6. The molecule has 0 aliphatic carbocycles. The lowest BCUT2D eigenvalue weighted by atomic mass is 10.0. The minimum Gasteiger partial charge on any atom is -0.478 e. The predicted octanol–water partition coefficient (Wildman–Crippen LogP) is 3.96. The Hall–Kier alpha value is -2.27.